The van der Waals surface area contributed by atoms with Gasteiger partial charge < -0.3 is 5.32 Å². The highest BCUT2D eigenvalue weighted by atomic mass is 32.2. The first kappa shape index (κ1) is 12.4. The van der Waals surface area contributed by atoms with Gasteiger partial charge in [-0.1, -0.05) is 19.8 Å². The fraction of sp³-hybridized carbons (Fsp3) is 1.00. The lowest BCUT2D eigenvalue weighted by atomic mass is 9.99. The van der Waals surface area contributed by atoms with Gasteiger partial charge in [0.25, 0.3) is 0 Å². The van der Waals surface area contributed by atoms with Crippen molar-refractivity contribution in [2.45, 2.75) is 57.5 Å². The lowest BCUT2D eigenvalue weighted by molar-refractivity contribution is 0.333. The van der Waals surface area contributed by atoms with Gasteiger partial charge in [0.15, 0.2) is 0 Å². The average Bonchev–Trinajstić information content (AvgIpc) is 2.68. The Hall–Kier alpha value is -0.0900. The van der Waals surface area contributed by atoms with Crippen LogP contribution >= 0.6 is 0 Å². The number of rotatable bonds is 3. The zero-order valence-corrected chi connectivity index (χ0v) is 10.9. The zero-order valence-electron chi connectivity index (χ0n) is 10.1. The maximum atomic E-state index is 11.3. The summed E-state index contributed by atoms with van der Waals surface area (Å²) in [6.45, 7) is 2.26. The van der Waals surface area contributed by atoms with E-state index >= 15 is 0 Å². The molecular weight excluding hydrogens is 222 g/mol. The van der Waals surface area contributed by atoms with Crippen LogP contribution in [-0.2, 0) is 9.84 Å². The molecule has 1 aliphatic carbocycles. The molecule has 1 N–H and O–H groups in total. The Morgan fingerprint density at radius 1 is 1.12 bits per heavy atom. The molecule has 0 bridgehead atoms. The minimum atomic E-state index is -2.71. The molecule has 2 fully saturated rings. The van der Waals surface area contributed by atoms with Crippen LogP contribution in [0.1, 0.15) is 45.4 Å². The number of hydrogen-bond donors (Lipinski definition) is 1. The van der Waals surface area contributed by atoms with Crippen molar-refractivity contribution < 1.29 is 8.42 Å². The molecule has 0 aromatic carbocycles. The van der Waals surface area contributed by atoms with Gasteiger partial charge in [-0.25, -0.2) is 8.42 Å². The molecule has 2 rings (SSSR count). The zero-order chi connectivity index (χ0) is 11.6. The third-order valence-electron chi connectivity index (χ3n) is 4.19. The molecule has 4 heteroatoms. The molecule has 1 saturated carbocycles. The van der Waals surface area contributed by atoms with Crippen molar-refractivity contribution in [3.8, 4) is 0 Å². The predicted octanol–water partition coefficient (Wildman–Crippen LogP) is 1.73. The van der Waals surface area contributed by atoms with Crippen molar-refractivity contribution in [1.29, 1.82) is 0 Å². The van der Waals surface area contributed by atoms with Crippen molar-refractivity contribution in [1.82, 2.24) is 5.32 Å². The molecule has 0 amide bonds. The summed E-state index contributed by atoms with van der Waals surface area (Å²) in [5.74, 6) is 1.58. The van der Waals surface area contributed by atoms with Gasteiger partial charge in [-0.3, -0.25) is 0 Å². The van der Waals surface area contributed by atoms with E-state index in [9.17, 15) is 8.42 Å². The molecule has 0 spiro atoms. The smallest absolute Gasteiger partial charge is 0.150 e. The molecule has 2 unspecified atom stereocenters. The van der Waals surface area contributed by atoms with Crippen molar-refractivity contribution >= 4 is 9.84 Å². The summed E-state index contributed by atoms with van der Waals surface area (Å²) in [6.07, 6.45) is 6.84. The standard InChI is InChI=1S/C12H23NO2S/c1-2-10-4-3-5-12(10)13-11-6-8-16(14,15)9-7-11/h10-13H,2-9H2,1H3. The van der Waals surface area contributed by atoms with Crippen molar-refractivity contribution in [2.75, 3.05) is 11.5 Å². The summed E-state index contributed by atoms with van der Waals surface area (Å²) in [6, 6.07) is 1.09. The van der Waals surface area contributed by atoms with Crippen LogP contribution in [0.4, 0.5) is 0 Å². The molecule has 2 aliphatic rings. The Balaban J connectivity index is 1.82. The molecule has 0 radical (unpaired) electrons. The molecule has 3 nitrogen and oxygen atoms in total. The normalized spacial score (nSPS) is 35.3. The monoisotopic (exact) mass is 245 g/mol. The number of sulfone groups is 1. The van der Waals surface area contributed by atoms with E-state index in [4.69, 9.17) is 0 Å². The third-order valence-corrected chi connectivity index (χ3v) is 5.90. The maximum absolute atomic E-state index is 11.3. The molecule has 94 valence electrons. The van der Waals surface area contributed by atoms with Crippen molar-refractivity contribution in [3.05, 3.63) is 0 Å². The van der Waals surface area contributed by atoms with Crippen molar-refractivity contribution in [3.63, 3.8) is 0 Å². The average molecular weight is 245 g/mol. The Morgan fingerprint density at radius 2 is 1.81 bits per heavy atom. The van der Waals surface area contributed by atoms with E-state index in [2.05, 4.69) is 12.2 Å². The summed E-state index contributed by atoms with van der Waals surface area (Å²) >= 11 is 0. The number of hydrogen-bond acceptors (Lipinski definition) is 3. The lowest BCUT2D eigenvalue weighted by Crippen LogP contribution is -2.44. The van der Waals surface area contributed by atoms with E-state index in [-0.39, 0.29) is 0 Å². The van der Waals surface area contributed by atoms with Gasteiger partial charge in [-0.2, -0.15) is 0 Å². The lowest BCUT2D eigenvalue weighted by Gasteiger charge is -2.29. The van der Waals surface area contributed by atoms with Crippen molar-refractivity contribution in [2.24, 2.45) is 5.92 Å². The first-order chi connectivity index (χ1) is 7.61. The molecule has 0 aromatic rings. The predicted molar refractivity (Wildman–Crippen MR) is 66.2 cm³/mol. The van der Waals surface area contributed by atoms with Crippen LogP contribution < -0.4 is 5.32 Å². The van der Waals surface area contributed by atoms with Gasteiger partial charge in [-0.05, 0) is 31.6 Å². The molecular formula is C12H23NO2S. The van der Waals surface area contributed by atoms with Gasteiger partial charge in [-0.15, -0.1) is 0 Å². The van der Waals surface area contributed by atoms with E-state index in [1.54, 1.807) is 0 Å². The SMILES string of the molecule is CCC1CCCC1NC1CCS(=O)(=O)CC1. The van der Waals surface area contributed by atoms with Crippen LogP contribution in [0.2, 0.25) is 0 Å². The molecule has 1 aliphatic heterocycles. The highest BCUT2D eigenvalue weighted by Crippen LogP contribution is 2.29. The third kappa shape index (κ3) is 2.98. The van der Waals surface area contributed by atoms with E-state index in [1.165, 1.54) is 25.7 Å². The van der Waals surface area contributed by atoms with E-state index in [0.717, 1.165) is 18.8 Å². The minimum absolute atomic E-state index is 0.383. The Bertz CT molecular complexity index is 312. The van der Waals surface area contributed by atoms with E-state index in [0.29, 0.717) is 23.6 Å². The highest BCUT2D eigenvalue weighted by molar-refractivity contribution is 7.91. The molecule has 16 heavy (non-hydrogen) atoms. The van der Waals surface area contributed by atoms with Gasteiger partial charge in [0.2, 0.25) is 0 Å². The van der Waals surface area contributed by atoms with E-state index in [1.807, 2.05) is 0 Å². The summed E-state index contributed by atoms with van der Waals surface area (Å²) in [5.41, 5.74) is 0. The van der Waals surface area contributed by atoms with Crippen LogP contribution in [0.25, 0.3) is 0 Å². The fourth-order valence-electron chi connectivity index (χ4n) is 3.10. The second kappa shape index (κ2) is 5.05. The summed E-state index contributed by atoms with van der Waals surface area (Å²) in [7, 11) is -2.71. The highest BCUT2D eigenvalue weighted by Gasteiger charge is 2.30. The van der Waals surface area contributed by atoms with Crippen LogP contribution in [0, 0.1) is 5.92 Å². The minimum Gasteiger partial charge on any atom is -0.311 e. The second-order valence-corrected chi connectivity index (χ2v) is 7.60. The molecule has 1 heterocycles. The summed E-state index contributed by atoms with van der Waals surface area (Å²) < 4.78 is 22.7. The summed E-state index contributed by atoms with van der Waals surface area (Å²) in [4.78, 5) is 0. The topological polar surface area (TPSA) is 46.2 Å². The van der Waals surface area contributed by atoms with Crippen LogP contribution in [0.5, 0.6) is 0 Å². The van der Waals surface area contributed by atoms with Crippen LogP contribution in [0.15, 0.2) is 0 Å². The van der Waals surface area contributed by atoms with Gasteiger partial charge in [0, 0.05) is 12.1 Å². The quantitative estimate of drug-likeness (QED) is 0.823. The van der Waals surface area contributed by atoms with Gasteiger partial charge >= 0.3 is 0 Å². The first-order valence-electron chi connectivity index (χ1n) is 6.57. The van der Waals surface area contributed by atoms with Gasteiger partial charge in [0.05, 0.1) is 11.5 Å². The van der Waals surface area contributed by atoms with E-state index < -0.39 is 9.84 Å². The Morgan fingerprint density at radius 3 is 2.44 bits per heavy atom. The van der Waals surface area contributed by atoms with Gasteiger partial charge in [0.1, 0.15) is 9.84 Å². The molecule has 0 aromatic heterocycles. The maximum Gasteiger partial charge on any atom is 0.150 e. The summed E-state index contributed by atoms with van der Waals surface area (Å²) in [5, 5.41) is 3.69. The Kier molecular flexibility index (Phi) is 3.90. The fourth-order valence-corrected chi connectivity index (χ4v) is 4.60. The first-order valence-corrected chi connectivity index (χ1v) is 8.39. The molecule has 1 saturated heterocycles. The van der Waals surface area contributed by atoms with Crippen LogP contribution in [-0.4, -0.2) is 32.0 Å². The largest absolute Gasteiger partial charge is 0.311 e. The molecule has 2 atom stereocenters. The number of nitrogens with one attached hydrogen (secondary N) is 1. The second-order valence-electron chi connectivity index (χ2n) is 5.30. The Labute approximate surface area is 98.9 Å². The van der Waals surface area contributed by atoms with Crippen LogP contribution in [0.3, 0.4) is 0 Å².